The summed E-state index contributed by atoms with van der Waals surface area (Å²) in [6, 6.07) is 14.2. The second-order valence-corrected chi connectivity index (χ2v) is 8.87. The Morgan fingerprint density at radius 3 is 2.64 bits per heavy atom. The number of anilines is 4. The number of amides is 1. The number of nitrogens with two attached hydrogens (primary N) is 1. The molecule has 1 amide bonds. The van der Waals surface area contributed by atoms with Gasteiger partial charge in [-0.05, 0) is 49.4 Å². The van der Waals surface area contributed by atoms with Crippen LogP contribution in [-0.4, -0.2) is 25.3 Å². The molecule has 12 heteroatoms. The summed E-state index contributed by atoms with van der Waals surface area (Å²) in [5, 5.41) is 6.41. The standard InChI is InChI=1S/C24H18F3N7OS/c1-13-21(34-12-14(24(25,26)27)6-8-19(34)30-13)17-10-11-29-23(32-17)33-20-9-7-18(36-20)22(35)31-16-5-3-2-4-15(16)28/h2-12H,28H2,1H3,(H,31,35)(H,29,32,33). The summed E-state index contributed by atoms with van der Waals surface area (Å²) in [7, 11) is 0. The number of hydrogen-bond donors (Lipinski definition) is 3. The van der Waals surface area contributed by atoms with Crippen molar-refractivity contribution in [3.05, 3.63) is 83.1 Å². The summed E-state index contributed by atoms with van der Waals surface area (Å²) in [6.07, 6.45) is -1.99. The number of hydrogen-bond acceptors (Lipinski definition) is 7. The molecule has 0 saturated heterocycles. The van der Waals surface area contributed by atoms with Crippen molar-refractivity contribution >= 4 is 45.2 Å². The first kappa shape index (κ1) is 23.3. The number of imidazole rings is 1. The molecule has 0 unspecified atom stereocenters. The van der Waals surface area contributed by atoms with Crippen molar-refractivity contribution in [1.82, 2.24) is 19.4 Å². The monoisotopic (exact) mass is 509 g/mol. The first-order valence-electron chi connectivity index (χ1n) is 10.6. The van der Waals surface area contributed by atoms with Gasteiger partial charge < -0.3 is 16.4 Å². The third-order valence-corrected chi connectivity index (χ3v) is 6.29. The number of nitrogen functional groups attached to an aromatic ring is 1. The van der Waals surface area contributed by atoms with Crippen LogP contribution in [0.5, 0.6) is 0 Å². The highest BCUT2D eigenvalue weighted by atomic mass is 32.1. The molecule has 0 aliphatic heterocycles. The number of aromatic nitrogens is 4. The Labute approximate surface area is 206 Å². The van der Waals surface area contributed by atoms with Gasteiger partial charge in [-0.1, -0.05) is 12.1 Å². The molecule has 5 aromatic rings. The van der Waals surface area contributed by atoms with E-state index >= 15 is 0 Å². The van der Waals surface area contributed by atoms with Gasteiger partial charge in [0.15, 0.2) is 0 Å². The van der Waals surface area contributed by atoms with E-state index < -0.39 is 11.7 Å². The van der Waals surface area contributed by atoms with Gasteiger partial charge >= 0.3 is 6.18 Å². The normalized spacial score (nSPS) is 11.6. The van der Waals surface area contributed by atoms with Crippen molar-refractivity contribution in [2.24, 2.45) is 0 Å². The van der Waals surface area contributed by atoms with Crippen LogP contribution in [0.25, 0.3) is 17.0 Å². The van der Waals surface area contributed by atoms with Crippen LogP contribution in [0, 0.1) is 6.92 Å². The van der Waals surface area contributed by atoms with Crippen molar-refractivity contribution in [2.45, 2.75) is 13.1 Å². The second-order valence-electron chi connectivity index (χ2n) is 7.79. The first-order valence-corrected chi connectivity index (χ1v) is 11.4. The minimum atomic E-state index is -4.49. The number of carbonyl (C=O) groups excluding carboxylic acids is 1. The van der Waals surface area contributed by atoms with Crippen LogP contribution >= 0.6 is 11.3 Å². The van der Waals surface area contributed by atoms with Gasteiger partial charge in [-0.25, -0.2) is 15.0 Å². The van der Waals surface area contributed by atoms with Crippen molar-refractivity contribution in [3.63, 3.8) is 0 Å². The molecule has 0 atom stereocenters. The smallest absolute Gasteiger partial charge is 0.397 e. The Balaban J connectivity index is 1.40. The number of halogens is 3. The Bertz CT molecular complexity index is 1590. The van der Waals surface area contributed by atoms with Gasteiger partial charge in [-0.15, -0.1) is 11.3 Å². The number of carbonyl (C=O) groups is 1. The van der Waals surface area contributed by atoms with E-state index in [1.165, 1.54) is 28.0 Å². The molecule has 0 bridgehead atoms. The summed E-state index contributed by atoms with van der Waals surface area (Å²) in [5.74, 6) is -0.0996. The second kappa shape index (κ2) is 8.96. The fraction of sp³-hybridized carbons (Fsp3) is 0.0833. The van der Waals surface area contributed by atoms with Gasteiger partial charge in [0.25, 0.3) is 5.91 Å². The molecule has 0 spiro atoms. The van der Waals surface area contributed by atoms with Gasteiger partial charge in [0, 0.05) is 12.4 Å². The van der Waals surface area contributed by atoms with Gasteiger partial charge in [0.05, 0.1) is 43.9 Å². The largest absolute Gasteiger partial charge is 0.417 e. The first-order chi connectivity index (χ1) is 17.2. The molecule has 4 N–H and O–H groups in total. The topological polar surface area (TPSA) is 110 Å². The van der Waals surface area contributed by atoms with Gasteiger partial charge in [0.2, 0.25) is 5.95 Å². The Morgan fingerprint density at radius 1 is 1.06 bits per heavy atom. The van der Waals surface area contributed by atoms with Crippen molar-refractivity contribution in [2.75, 3.05) is 16.4 Å². The predicted octanol–water partition coefficient (Wildman–Crippen LogP) is 5.76. The molecule has 4 aromatic heterocycles. The van der Waals surface area contributed by atoms with E-state index in [-0.39, 0.29) is 11.9 Å². The quantitative estimate of drug-likeness (QED) is 0.260. The van der Waals surface area contributed by atoms with Crippen LogP contribution in [0.1, 0.15) is 20.9 Å². The maximum atomic E-state index is 13.3. The minimum Gasteiger partial charge on any atom is -0.397 e. The lowest BCUT2D eigenvalue weighted by molar-refractivity contribution is -0.137. The molecule has 4 heterocycles. The van der Waals surface area contributed by atoms with Gasteiger partial charge in [0.1, 0.15) is 5.65 Å². The molecule has 182 valence electrons. The van der Waals surface area contributed by atoms with E-state index in [0.29, 0.717) is 44.0 Å². The van der Waals surface area contributed by atoms with E-state index in [0.717, 1.165) is 12.3 Å². The number of nitrogens with one attached hydrogen (secondary N) is 2. The van der Waals surface area contributed by atoms with Crippen LogP contribution in [0.3, 0.4) is 0 Å². The number of aryl methyl sites for hydroxylation is 1. The molecule has 0 aliphatic carbocycles. The number of pyridine rings is 1. The molecule has 36 heavy (non-hydrogen) atoms. The lowest BCUT2D eigenvalue weighted by Gasteiger charge is -2.09. The van der Waals surface area contributed by atoms with Crippen molar-refractivity contribution < 1.29 is 18.0 Å². The van der Waals surface area contributed by atoms with Gasteiger partial charge in [-0.2, -0.15) is 13.2 Å². The molecule has 8 nitrogen and oxygen atoms in total. The number of thiophene rings is 1. The fourth-order valence-electron chi connectivity index (χ4n) is 3.62. The molecular weight excluding hydrogens is 491 g/mol. The maximum absolute atomic E-state index is 13.3. The highest BCUT2D eigenvalue weighted by molar-refractivity contribution is 7.18. The summed E-state index contributed by atoms with van der Waals surface area (Å²) in [5.41, 5.74) is 7.77. The minimum absolute atomic E-state index is 0.218. The summed E-state index contributed by atoms with van der Waals surface area (Å²) in [6.45, 7) is 1.70. The van der Waals surface area contributed by atoms with E-state index in [1.54, 1.807) is 49.4 Å². The number of benzene rings is 1. The van der Waals surface area contributed by atoms with Crippen molar-refractivity contribution in [3.8, 4) is 11.4 Å². The maximum Gasteiger partial charge on any atom is 0.417 e. The molecule has 0 aliphatic rings. The van der Waals surface area contributed by atoms with Crippen LogP contribution in [0.15, 0.2) is 67.0 Å². The zero-order valence-corrected chi connectivity index (χ0v) is 19.5. The molecule has 0 saturated carbocycles. The van der Waals surface area contributed by atoms with Crippen LogP contribution in [0.2, 0.25) is 0 Å². The number of para-hydroxylation sites is 2. The molecule has 1 aromatic carbocycles. The third-order valence-electron chi connectivity index (χ3n) is 5.29. The average Bonchev–Trinajstić information content (AvgIpc) is 3.43. The zero-order chi connectivity index (χ0) is 25.4. The number of alkyl halides is 3. The Hall–Kier alpha value is -4.45. The SMILES string of the molecule is Cc1nc2ccc(C(F)(F)F)cn2c1-c1ccnc(Nc2ccc(C(=O)Nc3ccccc3N)s2)n1. The van der Waals surface area contributed by atoms with E-state index in [1.807, 2.05) is 0 Å². The van der Waals surface area contributed by atoms with Crippen LogP contribution in [-0.2, 0) is 6.18 Å². The molecule has 0 radical (unpaired) electrons. The van der Waals surface area contributed by atoms with Crippen LogP contribution in [0.4, 0.5) is 35.5 Å². The highest BCUT2D eigenvalue weighted by Crippen LogP contribution is 2.32. The molecule has 0 fully saturated rings. The van der Waals surface area contributed by atoms with E-state index in [4.69, 9.17) is 5.73 Å². The van der Waals surface area contributed by atoms with Crippen molar-refractivity contribution in [1.29, 1.82) is 0 Å². The predicted molar refractivity (Wildman–Crippen MR) is 132 cm³/mol. The molecule has 5 rings (SSSR count). The van der Waals surface area contributed by atoms with Gasteiger partial charge in [-0.3, -0.25) is 9.20 Å². The summed E-state index contributed by atoms with van der Waals surface area (Å²) in [4.78, 5) is 26.1. The van der Waals surface area contributed by atoms with E-state index in [2.05, 4.69) is 25.6 Å². The average molecular weight is 510 g/mol. The Kier molecular flexibility index (Phi) is 5.80. The number of nitrogens with zero attached hydrogens (tertiary/aromatic N) is 4. The summed E-state index contributed by atoms with van der Waals surface area (Å²) < 4.78 is 41.2. The highest BCUT2D eigenvalue weighted by Gasteiger charge is 2.31. The van der Waals surface area contributed by atoms with Crippen LogP contribution < -0.4 is 16.4 Å². The lowest BCUT2D eigenvalue weighted by atomic mass is 10.2. The molecular formula is C24H18F3N7OS. The third kappa shape index (κ3) is 4.58. The van der Waals surface area contributed by atoms with E-state index in [9.17, 15) is 18.0 Å². The lowest BCUT2D eigenvalue weighted by Crippen LogP contribution is -2.11. The zero-order valence-electron chi connectivity index (χ0n) is 18.7. The Morgan fingerprint density at radius 2 is 1.86 bits per heavy atom. The number of fused-ring (bicyclic) bond motifs is 1. The number of rotatable bonds is 5. The summed E-state index contributed by atoms with van der Waals surface area (Å²) >= 11 is 1.19. The fourth-order valence-corrected chi connectivity index (χ4v) is 4.42.